The summed E-state index contributed by atoms with van der Waals surface area (Å²) >= 11 is 0. The first-order valence-corrected chi connectivity index (χ1v) is 9.45. The number of nitrogens with zero attached hydrogens (tertiary/aromatic N) is 4. The van der Waals surface area contributed by atoms with Crippen molar-refractivity contribution in [2.45, 2.75) is 18.9 Å². The zero-order valence-corrected chi connectivity index (χ0v) is 16.7. The SMILES string of the molecule is CO/N=C1/CN(c2nc3c(cc2F)c(=O)c(C(=O)O)cn3C2CC2)CC1CN.O=C[O-]. The molecule has 1 aliphatic heterocycles. The Balaban J connectivity index is 0.000000858. The molecule has 4 rings (SSSR count). The average molecular weight is 434 g/mol. The normalized spacial score (nSPS) is 19.3. The van der Waals surface area contributed by atoms with E-state index in [0.717, 1.165) is 18.9 Å². The Labute approximate surface area is 175 Å². The van der Waals surface area contributed by atoms with Crippen molar-refractivity contribution in [1.29, 1.82) is 0 Å². The number of fused-ring (bicyclic) bond motifs is 1. The zero-order valence-electron chi connectivity index (χ0n) is 16.7. The van der Waals surface area contributed by atoms with Gasteiger partial charge in [-0.05, 0) is 18.9 Å². The molecule has 0 amide bonds. The summed E-state index contributed by atoms with van der Waals surface area (Å²) in [5, 5.41) is 21.5. The van der Waals surface area contributed by atoms with E-state index >= 15 is 0 Å². The summed E-state index contributed by atoms with van der Waals surface area (Å²) in [4.78, 5) is 43.2. The van der Waals surface area contributed by atoms with E-state index in [0.29, 0.717) is 25.3 Å². The molecule has 1 aliphatic carbocycles. The van der Waals surface area contributed by atoms with Gasteiger partial charge >= 0.3 is 5.97 Å². The van der Waals surface area contributed by atoms with Crippen LogP contribution in [0.4, 0.5) is 10.2 Å². The molecule has 1 saturated carbocycles. The second kappa shape index (κ2) is 9.08. The molecule has 0 radical (unpaired) electrons. The Hall–Kier alpha value is -3.54. The number of carbonyl (C=O) groups excluding carboxylic acids is 1. The van der Waals surface area contributed by atoms with Gasteiger partial charge in [0.15, 0.2) is 11.6 Å². The fourth-order valence-electron chi connectivity index (χ4n) is 3.60. The maximum Gasteiger partial charge on any atom is 0.341 e. The second-order valence-corrected chi connectivity index (χ2v) is 7.16. The van der Waals surface area contributed by atoms with E-state index in [-0.39, 0.29) is 34.4 Å². The molecule has 0 bridgehead atoms. The third kappa shape index (κ3) is 4.33. The number of carboxylic acid groups (broad SMARTS) is 2. The van der Waals surface area contributed by atoms with Gasteiger partial charge in [0.25, 0.3) is 0 Å². The van der Waals surface area contributed by atoms with Crippen molar-refractivity contribution in [3.63, 3.8) is 0 Å². The van der Waals surface area contributed by atoms with E-state index in [1.165, 1.54) is 13.3 Å². The van der Waals surface area contributed by atoms with Gasteiger partial charge in [-0.1, -0.05) is 5.16 Å². The molecule has 166 valence electrons. The first-order valence-electron chi connectivity index (χ1n) is 9.45. The van der Waals surface area contributed by atoms with Crippen molar-refractivity contribution in [1.82, 2.24) is 9.55 Å². The highest BCUT2D eigenvalue weighted by Gasteiger charge is 2.33. The summed E-state index contributed by atoms with van der Waals surface area (Å²) in [5.41, 5.74) is 5.65. The number of pyridine rings is 2. The van der Waals surface area contributed by atoms with Crippen LogP contribution in [0.5, 0.6) is 0 Å². The second-order valence-electron chi connectivity index (χ2n) is 7.16. The summed E-state index contributed by atoms with van der Waals surface area (Å²) in [5.74, 6) is -2.03. The Bertz CT molecular complexity index is 1100. The number of halogens is 1. The molecule has 11 nitrogen and oxygen atoms in total. The first kappa shape index (κ1) is 22.2. The summed E-state index contributed by atoms with van der Waals surface area (Å²) in [6.07, 6.45) is 3.02. The van der Waals surface area contributed by atoms with Gasteiger partial charge < -0.3 is 35.0 Å². The van der Waals surface area contributed by atoms with Crippen LogP contribution >= 0.6 is 0 Å². The highest BCUT2D eigenvalue weighted by atomic mass is 19.1. The number of carboxylic acids is 1. The summed E-state index contributed by atoms with van der Waals surface area (Å²) in [7, 11) is 1.44. The van der Waals surface area contributed by atoms with Gasteiger partial charge in [-0.2, -0.15) is 0 Å². The van der Waals surface area contributed by atoms with Gasteiger partial charge in [-0.25, -0.2) is 14.2 Å². The number of rotatable bonds is 5. The minimum Gasteiger partial charge on any atom is -0.554 e. The molecule has 0 spiro atoms. The molecule has 2 fully saturated rings. The fraction of sp³-hybridized carbons (Fsp3) is 0.421. The third-order valence-corrected chi connectivity index (χ3v) is 5.17. The lowest BCUT2D eigenvalue weighted by Crippen LogP contribution is -2.26. The van der Waals surface area contributed by atoms with Crippen molar-refractivity contribution < 1.29 is 29.0 Å². The highest BCUT2D eigenvalue weighted by molar-refractivity contribution is 5.95. The largest absolute Gasteiger partial charge is 0.554 e. The summed E-state index contributed by atoms with van der Waals surface area (Å²) in [6, 6.07) is 1.14. The lowest BCUT2D eigenvalue weighted by Gasteiger charge is -2.19. The van der Waals surface area contributed by atoms with E-state index in [1.54, 1.807) is 9.47 Å². The highest BCUT2D eigenvalue weighted by Crippen LogP contribution is 2.37. The lowest BCUT2D eigenvalue weighted by molar-refractivity contribution is -0.283. The molecule has 3 N–H and O–H groups in total. The molecule has 2 aromatic rings. The van der Waals surface area contributed by atoms with E-state index in [1.807, 2.05) is 0 Å². The van der Waals surface area contributed by atoms with Crippen LogP contribution in [0.15, 0.2) is 22.2 Å². The Kier molecular flexibility index (Phi) is 6.49. The monoisotopic (exact) mass is 434 g/mol. The Morgan fingerprint density at radius 2 is 2.19 bits per heavy atom. The molecule has 3 heterocycles. The standard InChI is InChI=1S/C18H20FN5O4.CH2O2/c1-28-22-14-8-23(6-9(14)5-20)17-13(19)4-11-15(25)12(18(26)27)7-24(10-2-3-10)16(11)21-17;2-1-3/h4,7,9-10H,2-3,5-6,8,20H2,1H3,(H,26,27);1H,(H,2,3)/p-1/b22-14-;. The van der Waals surface area contributed by atoms with Gasteiger partial charge in [0.2, 0.25) is 5.43 Å². The minimum absolute atomic E-state index is 0.0339. The van der Waals surface area contributed by atoms with Gasteiger partial charge in [-0.15, -0.1) is 0 Å². The topological polar surface area (TPSA) is 163 Å². The van der Waals surface area contributed by atoms with Crippen molar-refractivity contribution >= 4 is 35.0 Å². The van der Waals surface area contributed by atoms with Gasteiger partial charge in [0.1, 0.15) is 18.3 Å². The number of carbonyl (C=O) groups is 2. The van der Waals surface area contributed by atoms with Crippen molar-refractivity contribution in [3.05, 3.63) is 33.9 Å². The number of oxime groups is 1. The zero-order chi connectivity index (χ0) is 22.7. The number of anilines is 1. The number of nitrogens with two attached hydrogens (primary N) is 1. The van der Waals surface area contributed by atoms with Crippen molar-refractivity contribution in [3.8, 4) is 0 Å². The molecule has 0 aromatic carbocycles. The Morgan fingerprint density at radius 1 is 1.52 bits per heavy atom. The van der Waals surface area contributed by atoms with Crippen molar-refractivity contribution in [2.24, 2.45) is 16.8 Å². The molecule has 1 saturated heterocycles. The quantitative estimate of drug-likeness (QED) is 0.459. The van der Waals surface area contributed by atoms with Crippen LogP contribution < -0.4 is 21.2 Å². The maximum absolute atomic E-state index is 14.9. The third-order valence-electron chi connectivity index (χ3n) is 5.17. The maximum atomic E-state index is 14.9. The van der Waals surface area contributed by atoms with Crippen LogP contribution in [-0.2, 0) is 9.63 Å². The Morgan fingerprint density at radius 3 is 2.74 bits per heavy atom. The molecule has 1 unspecified atom stereocenters. The van der Waals surface area contributed by atoms with Crippen LogP contribution in [0.25, 0.3) is 11.0 Å². The number of hydrogen-bond donors (Lipinski definition) is 2. The molecule has 31 heavy (non-hydrogen) atoms. The van der Waals surface area contributed by atoms with Crippen LogP contribution in [0, 0.1) is 11.7 Å². The van der Waals surface area contributed by atoms with Gasteiger partial charge in [0.05, 0.1) is 17.6 Å². The number of hydrogen-bond acceptors (Lipinski definition) is 9. The summed E-state index contributed by atoms with van der Waals surface area (Å²) in [6.45, 7) is 0.573. The number of aromatic nitrogens is 2. The fourth-order valence-corrected chi connectivity index (χ4v) is 3.60. The van der Waals surface area contributed by atoms with E-state index in [2.05, 4.69) is 10.1 Å². The molecule has 1 atom stereocenters. The molecular weight excluding hydrogens is 413 g/mol. The number of aromatic carboxylic acids is 1. The molecular formula is C19H21FN5O6-. The van der Waals surface area contributed by atoms with Crippen LogP contribution in [0.1, 0.15) is 29.2 Å². The minimum atomic E-state index is -1.34. The smallest absolute Gasteiger partial charge is 0.341 e. The predicted molar refractivity (Wildman–Crippen MR) is 106 cm³/mol. The van der Waals surface area contributed by atoms with Gasteiger partial charge in [-0.3, -0.25) is 4.79 Å². The summed E-state index contributed by atoms with van der Waals surface area (Å²) < 4.78 is 16.5. The first-order chi connectivity index (χ1) is 14.9. The van der Waals surface area contributed by atoms with Crippen LogP contribution in [0.2, 0.25) is 0 Å². The predicted octanol–water partition coefficient (Wildman–Crippen LogP) is -0.668. The van der Waals surface area contributed by atoms with E-state index in [4.69, 9.17) is 20.5 Å². The lowest BCUT2D eigenvalue weighted by atomic mass is 10.1. The van der Waals surface area contributed by atoms with E-state index in [9.17, 15) is 19.1 Å². The molecule has 2 aromatic heterocycles. The van der Waals surface area contributed by atoms with E-state index < -0.39 is 23.7 Å². The molecule has 12 heteroatoms. The van der Waals surface area contributed by atoms with Gasteiger partial charge in [0, 0.05) is 37.7 Å². The molecule has 2 aliphatic rings. The average Bonchev–Trinajstić information content (AvgIpc) is 3.49. The van der Waals surface area contributed by atoms with Crippen LogP contribution in [-0.4, -0.2) is 59.6 Å². The van der Waals surface area contributed by atoms with Crippen molar-refractivity contribution in [2.75, 3.05) is 31.6 Å². The van der Waals surface area contributed by atoms with Crippen LogP contribution in [0.3, 0.4) is 0 Å².